The Hall–Kier alpha value is -0.550. The number of hydrogen-bond acceptors (Lipinski definition) is 3. The lowest BCUT2D eigenvalue weighted by Gasteiger charge is -2.22. The molecule has 94 valence electrons. The number of fused-ring (bicyclic) bond motifs is 1. The van der Waals surface area contributed by atoms with E-state index >= 15 is 0 Å². The number of nitrogens with one attached hydrogen (secondary N) is 1. The molecule has 1 saturated heterocycles. The van der Waals surface area contributed by atoms with Gasteiger partial charge in [0.1, 0.15) is 5.82 Å². The van der Waals surface area contributed by atoms with E-state index in [0.717, 1.165) is 49.3 Å². The number of halogens is 1. The van der Waals surface area contributed by atoms with E-state index in [0.29, 0.717) is 12.0 Å². The third-order valence-electron chi connectivity index (χ3n) is 3.76. The van der Waals surface area contributed by atoms with Gasteiger partial charge in [-0.2, -0.15) is 5.10 Å². The van der Waals surface area contributed by atoms with Crippen LogP contribution < -0.4 is 5.32 Å². The van der Waals surface area contributed by atoms with Crippen LogP contribution in [-0.4, -0.2) is 29.5 Å². The number of nitrogens with zero attached hydrogens (tertiary/aromatic N) is 2. The Morgan fingerprint density at radius 2 is 2.12 bits per heavy atom. The highest BCUT2D eigenvalue weighted by molar-refractivity contribution is 9.10. The Balaban J connectivity index is 1.94. The average molecular weight is 300 g/mol. The number of hydrogen-bond donors (Lipinski definition) is 1. The van der Waals surface area contributed by atoms with Gasteiger partial charge in [0.15, 0.2) is 0 Å². The van der Waals surface area contributed by atoms with Crippen molar-refractivity contribution in [2.75, 3.05) is 25.1 Å². The minimum atomic E-state index is 0.496. The Morgan fingerprint density at radius 1 is 1.35 bits per heavy atom. The summed E-state index contributed by atoms with van der Waals surface area (Å²) in [6, 6.07) is 0.496. The Bertz CT molecular complexity index is 412. The first kappa shape index (κ1) is 11.5. The van der Waals surface area contributed by atoms with E-state index in [1.807, 2.05) is 0 Å². The molecule has 3 rings (SSSR count). The monoisotopic (exact) mass is 299 g/mol. The van der Waals surface area contributed by atoms with Gasteiger partial charge in [0.25, 0.3) is 0 Å². The lowest BCUT2D eigenvalue weighted by atomic mass is 9.97. The van der Waals surface area contributed by atoms with Gasteiger partial charge in [-0.15, -0.1) is 0 Å². The maximum absolute atomic E-state index is 5.42. The molecule has 0 radical (unpaired) electrons. The van der Waals surface area contributed by atoms with Crippen molar-refractivity contribution in [2.45, 2.75) is 38.1 Å². The maximum Gasteiger partial charge on any atom is 0.139 e. The third-order valence-corrected chi connectivity index (χ3v) is 4.54. The summed E-state index contributed by atoms with van der Waals surface area (Å²) in [5.41, 5.74) is 1.21. The van der Waals surface area contributed by atoms with Crippen LogP contribution in [0.3, 0.4) is 0 Å². The van der Waals surface area contributed by atoms with Crippen LogP contribution in [0, 0.1) is 0 Å². The molecule has 5 heteroatoms. The predicted molar refractivity (Wildman–Crippen MR) is 70.5 cm³/mol. The Kier molecular flexibility index (Phi) is 3.13. The van der Waals surface area contributed by atoms with Crippen molar-refractivity contribution >= 4 is 21.7 Å². The highest BCUT2D eigenvalue weighted by Crippen LogP contribution is 2.38. The molecule has 17 heavy (non-hydrogen) atoms. The average Bonchev–Trinajstić information content (AvgIpc) is 2.70. The van der Waals surface area contributed by atoms with Crippen molar-refractivity contribution < 1.29 is 4.74 Å². The third kappa shape index (κ3) is 1.99. The second kappa shape index (κ2) is 4.61. The number of anilines is 1. The molecule has 1 aromatic heterocycles. The van der Waals surface area contributed by atoms with Crippen LogP contribution in [0.15, 0.2) is 4.47 Å². The van der Waals surface area contributed by atoms with Crippen LogP contribution >= 0.6 is 15.9 Å². The highest BCUT2D eigenvalue weighted by Gasteiger charge is 2.28. The zero-order chi connectivity index (χ0) is 11.8. The SMILES string of the molecule is CC1CCNc2c(Br)c(C3CCOCC3)nn21. The van der Waals surface area contributed by atoms with E-state index in [4.69, 9.17) is 9.84 Å². The first-order valence-electron chi connectivity index (χ1n) is 6.37. The lowest BCUT2D eigenvalue weighted by Crippen LogP contribution is -2.21. The Labute approximate surface area is 110 Å². The van der Waals surface area contributed by atoms with Gasteiger partial charge < -0.3 is 10.1 Å². The van der Waals surface area contributed by atoms with E-state index < -0.39 is 0 Å². The van der Waals surface area contributed by atoms with Gasteiger partial charge in [0.05, 0.1) is 16.2 Å². The fourth-order valence-corrected chi connectivity index (χ4v) is 3.39. The molecule has 0 saturated carbocycles. The summed E-state index contributed by atoms with van der Waals surface area (Å²) in [7, 11) is 0. The zero-order valence-corrected chi connectivity index (χ0v) is 11.7. The molecule has 0 aromatic carbocycles. The summed E-state index contributed by atoms with van der Waals surface area (Å²) in [4.78, 5) is 0. The topological polar surface area (TPSA) is 39.1 Å². The smallest absolute Gasteiger partial charge is 0.139 e. The van der Waals surface area contributed by atoms with Gasteiger partial charge in [-0.05, 0) is 42.1 Å². The van der Waals surface area contributed by atoms with Gasteiger partial charge in [0.2, 0.25) is 0 Å². The van der Waals surface area contributed by atoms with E-state index in [-0.39, 0.29) is 0 Å². The van der Waals surface area contributed by atoms with E-state index in [1.54, 1.807) is 0 Å². The summed E-state index contributed by atoms with van der Waals surface area (Å²) >= 11 is 3.71. The first-order chi connectivity index (χ1) is 8.27. The van der Waals surface area contributed by atoms with Crippen molar-refractivity contribution in [3.63, 3.8) is 0 Å². The van der Waals surface area contributed by atoms with Crippen molar-refractivity contribution in [1.82, 2.24) is 9.78 Å². The van der Waals surface area contributed by atoms with Crippen LogP contribution in [0.4, 0.5) is 5.82 Å². The van der Waals surface area contributed by atoms with E-state index in [1.165, 1.54) is 5.69 Å². The summed E-state index contributed by atoms with van der Waals surface area (Å²) in [5.74, 6) is 1.70. The predicted octanol–water partition coefficient (Wildman–Crippen LogP) is 2.92. The van der Waals surface area contributed by atoms with Crippen LogP contribution in [0.5, 0.6) is 0 Å². The molecule has 0 bridgehead atoms. The van der Waals surface area contributed by atoms with Crippen LogP contribution in [0.25, 0.3) is 0 Å². The molecule has 1 fully saturated rings. The molecule has 1 unspecified atom stereocenters. The summed E-state index contributed by atoms with van der Waals surface area (Å²) in [6.45, 7) is 5.00. The molecule has 2 aliphatic heterocycles. The normalized spacial score (nSPS) is 25.4. The second-order valence-electron chi connectivity index (χ2n) is 4.94. The van der Waals surface area contributed by atoms with Crippen LogP contribution in [-0.2, 0) is 4.74 Å². The zero-order valence-electron chi connectivity index (χ0n) is 10.1. The largest absolute Gasteiger partial charge is 0.381 e. The molecule has 3 heterocycles. The quantitative estimate of drug-likeness (QED) is 0.867. The summed E-state index contributed by atoms with van der Waals surface area (Å²) in [6.07, 6.45) is 3.32. The standard InChI is InChI=1S/C12H18BrN3O/c1-8-2-5-14-12-10(13)11(15-16(8)12)9-3-6-17-7-4-9/h8-9,14H,2-7H2,1H3. The highest BCUT2D eigenvalue weighted by atomic mass is 79.9. The molecule has 1 aromatic rings. The summed E-state index contributed by atoms with van der Waals surface area (Å²) < 4.78 is 8.72. The number of rotatable bonds is 1. The second-order valence-corrected chi connectivity index (χ2v) is 5.74. The van der Waals surface area contributed by atoms with Gasteiger partial charge in [-0.3, -0.25) is 0 Å². The Morgan fingerprint density at radius 3 is 2.82 bits per heavy atom. The fraction of sp³-hybridized carbons (Fsp3) is 0.750. The van der Waals surface area contributed by atoms with Gasteiger partial charge >= 0.3 is 0 Å². The summed E-state index contributed by atoms with van der Waals surface area (Å²) in [5, 5.41) is 8.25. The fourth-order valence-electron chi connectivity index (χ4n) is 2.66. The van der Waals surface area contributed by atoms with Gasteiger partial charge in [0, 0.05) is 25.7 Å². The molecule has 0 aliphatic carbocycles. The first-order valence-corrected chi connectivity index (χ1v) is 7.16. The van der Waals surface area contributed by atoms with Crippen LogP contribution in [0.2, 0.25) is 0 Å². The molecule has 1 atom stereocenters. The molecule has 4 nitrogen and oxygen atoms in total. The lowest BCUT2D eigenvalue weighted by molar-refractivity contribution is 0.0842. The molecule has 0 amide bonds. The van der Waals surface area contributed by atoms with E-state index in [9.17, 15) is 0 Å². The molecule has 0 spiro atoms. The van der Waals surface area contributed by atoms with Gasteiger partial charge in [-0.1, -0.05) is 0 Å². The number of aromatic nitrogens is 2. The van der Waals surface area contributed by atoms with Crippen molar-refractivity contribution in [2.24, 2.45) is 0 Å². The minimum absolute atomic E-state index is 0.496. The minimum Gasteiger partial charge on any atom is -0.381 e. The maximum atomic E-state index is 5.42. The molecular formula is C12H18BrN3O. The molecule has 2 aliphatic rings. The van der Waals surface area contributed by atoms with Crippen LogP contribution in [0.1, 0.15) is 43.8 Å². The van der Waals surface area contributed by atoms with Crippen molar-refractivity contribution in [1.29, 1.82) is 0 Å². The van der Waals surface area contributed by atoms with Crippen molar-refractivity contribution in [3.05, 3.63) is 10.2 Å². The van der Waals surface area contributed by atoms with Gasteiger partial charge in [-0.25, -0.2) is 4.68 Å². The molecular weight excluding hydrogens is 282 g/mol. The van der Waals surface area contributed by atoms with Crippen molar-refractivity contribution in [3.8, 4) is 0 Å². The van der Waals surface area contributed by atoms with E-state index in [2.05, 4.69) is 32.9 Å². The molecule has 1 N–H and O–H groups in total. The number of ether oxygens (including phenoxy) is 1.